The van der Waals surface area contributed by atoms with Crippen LogP contribution in [0.3, 0.4) is 0 Å². The maximum atomic E-state index is 10.8. The monoisotopic (exact) mass is 574 g/mol. The Kier molecular flexibility index (Phi) is 8.08. The number of fused-ring (bicyclic) bond motifs is 1. The van der Waals surface area contributed by atoms with E-state index in [-0.39, 0.29) is 16.7 Å². The van der Waals surface area contributed by atoms with Crippen LogP contribution in [0.5, 0.6) is 0 Å². The number of hydrogen-bond donors (Lipinski definition) is 0. The van der Waals surface area contributed by atoms with Gasteiger partial charge in [0.2, 0.25) is 5.60 Å². The van der Waals surface area contributed by atoms with Crippen LogP contribution in [-0.4, -0.2) is 61.3 Å². The molecular weight excluding hydrogens is 533 g/mol. The highest BCUT2D eigenvalue weighted by Crippen LogP contribution is 2.55. The second kappa shape index (κ2) is 9.99. The van der Waals surface area contributed by atoms with Crippen LogP contribution in [-0.2, 0) is 19.2 Å². The Bertz CT molecular complexity index is 1270. The Morgan fingerprint density at radius 2 is 1.66 bits per heavy atom. The van der Waals surface area contributed by atoms with Gasteiger partial charge in [-0.3, -0.25) is 0 Å². The van der Waals surface area contributed by atoms with E-state index >= 15 is 0 Å². The number of hydrogen-bond acceptors (Lipinski definition) is 9. The molecule has 0 saturated carbocycles. The summed E-state index contributed by atoms with van der Waals surface area (Å²) in [7, 11) is -4.56. The van der Waals surface area contributed by atoms with E-state index in [1.165, 1.54) is 18.1 Å². The summed E-state index contributed by atoms with van der Waals surface area (Å²) in [6.07, 6.45) is 3.55. The lowest BCUT2D eigenvalue weighted by Gasteiger charge is -2.43. The predicted octanol–water partition coefficient (Wildman–Crippen LogP) is 5.91. The fraction of sp³-hybridized carbons (Fsp3) is 0.731. The van der Waals surface area contributed by atoms with Gasteiger partial charge in [0.05, 0.1) is 25.0 Å². The second-order valence-corrected chi connectivity index (χ2v) is 23.6. The van der Waals surface area contributed by atoms with Crippen molar-refractivity contribution in [2.45, 2.75) is 108 Å². The summed E-state index contributed by atoms with van der Waals surface area (Å²) in [5, 5.41) is 26.5. The summed E-state index contributed by atoms with van der Waals surface area (Å²) in [5.41, 5.74) is -2.18. The molecule has 3 heterocycles. The minimum Gasteiger partial charge on any atom is -0.414 e. The van der Waals surface area contributed by atoms with Gasteiger partial charge in [-0.05, 0) is 49.4 Å². The molecular formula is C26H42N6O3SSi2. The van der Waals surface area contributed by atoms with Crippen molar-refractivity contribution in [3.63, 3.8) is 0 Å². The number of thioether (sulfide) groups is 1. The third kappa shape index (κ3) is 4.84. The van der Waals surface area contributed by atoms with Crippen molar-refractivity contribution in [2.75, 3.05) is 12.9 Å². The normalized spacial score (nSPS) is 26.9. The second-order valence-electron chi connectivity index (χ2n) is 13.3. The van der Waals surface area contributed by atoms with E-state index in [4.69, 9.17) is 13.6 Å². The molecule has 0 aliphatic carbocycles. The van der Waals surface area contributed by atoms with Crippen molar-refractivity contribution in [1.29, 1.82) is 10.5 Å². The predicted molar refractivity (Wildman–Crippen MR) is 154 cm³/mol. The number of imidazole rings is 1. The SMILES string of the molecule is CSc1ncnn2c([C@]3(C#N)O[C@H](CO[Si](C)(C)C(C)(C)C)C(O[Si](C)(C)C(C)(C)C)[C@@]3(C)C#N)cnc12. The van der Waals surface area contributed by atoms with Crippen molar-refractivity contribution >= 4 is 34.0 Å². The maximum absolute atomic E-state index is 10.8. The molecule has 0 aromatic carbocycles. The molecule has 1 aliphatic rings. The van der Waals surface area contributed by atoms with E-state index in [0.717, 1.165) is 0 Å². The van der Waals surface area contributed by atoms with Gasteiger partial charge in [0.25, 0.3) is 0 Å². The molecule has 1 fully saturated rings. The molecule has 1 unspecified atom stereocenters. The van der Waals surface area contributed by atoms with Crippen molar-refractivity contribution in [1.82, 2.24) is 19.6 Å². The molecule has 208 valence electrons. The van der Waals surface area contributed by atoms with Gasteiger partial charge in [-0.25, -0.2) is 14.5 Å². The molecule has 0 amide bonds. The van der Waals surface area contributed by atoms with Crippen LogP contribution >= 0.6 is 11.8 Å². The Labute approximate surface area is 233 Å². The number of nitrogens with zero attached hydrogens (tertiary/aromatic N) is 6. The van der Waals surface area contributed by atoms with Crippen molar-refractivity contribution < 1.29 is 13.6 Å². The third-order valence-corrected chi connectivity index (χ3v) is 18.5. The summed E-state index contributed by atoms with van der Waals surface area (Å²) in [5.74, 6) is 0. The standard InChI is InChI=1S/C26H42N6O3SSi2/c1-23(2,3)37(9,10)33-14-18-20(35-38(11,12)24(4,5)6)25(7,15-27)26(16-28,34-18)19-13-29-21-22(36-8)30-17-31-32(19)21/h13,17-18,20H,14H2,1-12H3/t18-,20?,25-,26+/m1/s1. The number of nitriles is 2. The minimum absolute atomic E-state index is 0.0149. The summed E-state index contributed by atoms with van der Waals surface area (Å²) in [6.45, 7) is 23.6. The average molecular weight is 575 g/mol. The van der Waals surface area contributed by atoms with Gasteiger partial charge in [0.15, 0.2) is 22.3 Å². The van der Waals surface area contributed by atoms with E-state index in [2.05, 4.69) is 94.9 Å². The zero-order chi connectivity index (χ0) is 28.9. The molecule has 2 aromatic heterocycles. The quantitative estimate of drug-likeness (QED) is 0.294. The molecule has 3 rings (SSSR count). The molecule has 1 aliphatic heterocycles. The first-order valence-electron chi connectivity index (χ1n) is 12.9. The largest absolute Gasteiger partial charge is 0.414 e. The van der Waals surface area contributed by atoms with E-state index in [1.54, 1.807) is 17.6 Å². The first-order valence-corrected chi connectivity index (χ1v) is 19.9. The minimum atomic E-state index is -2.39. The highest BCUT2D eigenvalue weighted by molar-refractivity contribution is 7.98. The molecule has 0 N–H and O–H groups in total. The number of aromatic nitrogens is 4. The summed E-state index contributed by atoms with van der Waals surface area (Å²) < 4.78 is 21.8. The van der Waals surface area contributed by atoms with Crippen LogP contribution in [0.1, 0.15) is 54.2 Å². The van der Waals surface area contributed by atoms with Crippen molar-refractivity contribution in [2.24, 2.45) is 5.41 Å². The van der Waals surface area contributed by atoms with Crippen molar-refractivity contribution in [3.8, 4) is 12.1 Å². The van der Waals surface area contributed by atoms with E-state index in [0.29, 0.717) is 16.4 Å². The molecule has 0 spiro atoms. The third-order valence-electron chi connectivity index (χ3n) is 8.82. The van der Waals surface area contributed by atoms with Crippen LogP contribution in [0.25, 0.3) is 5.65 Å². The zero-order valence-corrected chi connectivity index (χ0v) is 27.6. The van der Waals surface area contributed by atoms with Gasteiger partial charge in [-0.1, -0.05) is 41.5 Å². The van der Waals surface area contributed by atoms with Crippen LogP contribution < -0.4 is 0 Å². The summed E-state index contributed by atoms with van der Waals surface area (Å²) in [4.78, 5) is 8.83. The van der Waals surface area contributed by atoms with Crippen LogP contribution in [0.4, 0.5) is 0 Å². The first-order chi connectivity index (χ1) is 17.3. The Hall–Kier alpha value is -1.81. The molecule has 12 heteroatoms. The molecule has 0 radical (unpaired) electrons. The van der Waals surface area contributed by atoms with Crippen LogP contribution in [0, 0.1) is 28.1 Å². The lowest BCUT2D eigenvalue weighted by molar-refractivity contribution is -0.0555. The highest BCUT2D eigenvalue weighted by atomic mass is 32.2. The van der Waals surface area contributed by atoms with Gasteiger partial charge >= 0.3 is 0 Å². The first kappa shape index (κ1) is 30.7. The van der Waals surface area contributed by atoms with Crippen LogP contribution in [0.15, 0.2) is 17.6 Å². The smallest absolute Gasteiger partial charge is 0.219 e. The fourth-order valence-electron chi connectivity index (χ4n) is 4.15. The maximum Gasteiger partial charge on any atom is 0.219 e. The Balaban J connectivity index is 2.21. The van der Waals surface area contributed by atoms with E-state index in [9.17, 15) is 10.5 Å². The van der Waals surface area contributed by atoms with E-state index in [1.807, 2.05) is 6.26 Å². The van der Waals surface area contributed by atoms with Gasteiger partial charge in [0, 0.05) is 0 Å². The Morgan fingerprint density at radius 1 is 1.05 bits per heavy atom. The fourth-order valence-corrected chi connectivity index (χ4v) is 7.01. The molecule has 9 nitrogen and oxygen atoms in total. The Morgan fingerprint density at radius 3 is 2.16 bits per heavy atom. The average Bonchev–Trinajstić information content (AvgIpc) is 3.34. The molecule has 38 heavy (non-hydrogen) atoms. The van der Waals surface area contributed by atoms with Crippen molar-refractivity contribution in [3.05, 3.63) is 18.2 Å². The number of rotatable bonds is 7. The highest BCUT2D eigenvalue weighted by Gasteiger charge is 2.69. The van der Waals surface area contributed by atoms with Gasteiger partial charge in [0.1, 0.15) is 34.6 Å². The van der Waals surface area contributed by atoms with E-state index < -0.39 is 39.9 Å². The lowest BCUT2D eigenvalue weighted by Crippen LogP contribution is -2.53. The molecule has 0 bridgehead atoms. The summed E-state index contributed by atoms with van der Waals surface area (Å²) in [6, 6.07) is 4.84. The zero-order valence-electron chi connectivity index (χ0n) is 24.8. The van der Waals surface area contributed by atoms with Gasteiger partial charge < -0.3 is 13.6 Å². The summed E-state index contributed by atoms with van der Waals surface area (Å²) >= 11 is 1.43. The molecule has 4 atom stereocenters. The molecule has 2 aromatic rings. The van der Waals surface area contributed by atoms with Gasteiger partial charge in [-0.2, -0.15) is 15.6 Å². The topological polar surface area (TPSA) is 118 Å². The lowest BCUT2D eigenvalue weighted by atomic mass is 9.71. The van der Waals surface area contributed by atoms with Gasteiger partial charge in [-0.15, -0.1) is 11.8 Å². The number of ether oxygens (including phenoxy) is 1. The molecule has 1 saturated heterocycles. The van der Waals surface area contributed by atoms with Crippen LogP contribution in [0.2, 0.25) is 36.3 Å².